The molecule has 70 heavy (non-hydrogen) atoms. The van der Waals surface area contributed by atoms with Crippen LogP contribution in [0.3, 0.4) is 0 Å². The van der Waals surface area contributed by atoms with Crippen LogP contribution in [0, 0.1) is 0 Å². The number of amides is 2. The van der Waals surface area contributed by atoms with Crippen LogP contribution in [0.2, 0.25) is 10.0 Å². The number of quaternary nitrogens is 2. The van der Waals surface area contributed by atoms with Gasteiger partial charge in [0.2, 0.25) is 25.3 Å². The van der Waals surface area contributed by atoms with Crippen LogP contribution >= 0.6 is 46.3 Å². The molecular formula is C51H58Cl2N8O7S2+2. The molecule has 10 rings (SSSR count). The number of aromatic nitrogens is 2. The zero-order chi connectivity index (χ0) is 48.8. The first-order chi connectivity index (χ1) is 33.9. The van der Waals surface area contributed by atoms with E-state index in [0.717, 1.165) is 124 Å². The lowest BCUT2D eigenvalue weighted by Gasteiger charge is -2.44. The Morgan fingerprint density at radius 1 is 0.657 bits per heavy atom. The summed E-state index contributed by atoms with van der Waals surface area (Å²) in [6.45, 7) is 12.8. The van der Waals surface area contributed by atoms with Gasteiger partial charge in [-0.1, -0.05) is 66.5 Å². The molecule has 2 N–H and O–H groups in total. The number of hydrogen-bond donors (Lipinski definition) is 2. The molecule has 0 aliphatic carbocycles. The third-order valence-electron chi connectivity index (χ3n) is 13.9. The highest BCUT2D eigenvalue weighted by molar-refractivity contribution is 7.14. The molecule has 6 aromatic rings. The summed E-state index contributed by atoms with van der Waals surface area (Å²) in [5, 5.41) is 9.38. The van der Waals surface area contributed by atoms with E-state index in [4.69, 9.17) is 46.2 Å². The molecule has 4 aromatic carbocycles. The van der Waals surface area contributed by atoms with Gasteiger partial charge >= 0.3 is 12.1 Å². The number of rotatable bonds is 15. The Balaban J connectivity index is 0.000000174. The van der Waals surface area contributed by atoms with Crippen molar-refractivity contribution in [1.82, 2.24) is 8.75 Å². The van der Waals surface area contributed by atoms with E-state index in [1.54, 1.807) is 6.92 Å². The van der Waals surface area contributed by atoms with Gasteiger partial charge in [-0.25, -0.2) is 4.79 Å². The van der Waals surface area contributed by atoms with Crippen LogP contribution < -0.4 is 20.4 Å². The van der Waals surface area contributed by atoms with E-state index < -0.39 is 6.16 Å². The van der Waals surface area contributed by atoms with E-state index >= 15 is 0 Å². The van der Waals surface area contributed by atoms with Crippen LogP contribution in [0.4, 0.5) is 27.8 Å². The van der Waals surface area contributed by atoms with Crippen molar-refractivity contribution < 1.29 is 42.4 Å². The van der Waals surface area contributed by atoms with Crippen LogP contribution in [-0.4, -0.2) is 127 Å². The number of nitrogens with zero attached hydrogens (tertiary/aromatic N) is 6. The highest BCUT2D eigenvalue weighted by Gasteiger charge is 2.37. The van der Waals surface area contributed by atoms with Gasteiger partial charge in [-0.2, -0.15) is 8.75 Å². The standard InChI is InChI=1S/C26H29ClN4O3S.C25H27ClN4O4S/c1-2-5-25(33)34-17-31(11-8-18-14-19-15-24(32)28-22(19)16-21(18)27)12-9-30(10-13-31)26-20-6-3-4-7-23(20)35-29-26;1-2-33-25(32)34-16-30(10-7-17-13-18-14-23(31)27-21(18)15-20(17)26)11-8-29(9-12-30)24-19-5-3-4-6-22(19)35-28-24/h3-4,6-7,14,16H,2,5,8-13,15,17H2,1H3;3-6,13,15H,2,7-12,14,16H2,1H3/p+2. The number of piperazine rings is 2. The minimum Gasteiger partial charge on any atom is -0.434 e. The third kappa shape index (κ3) is 11.3. The summed E-state index contributed by atoms with van der Waals surface area (Å²) in [6, 6.07) is 24.4. The molecule has 0 radical (unpaired) electrons. The van der Waals surface area contributed by atoms with Gasteiger partial charge in [0, 0.05) is 51.5 Å². The lowest BCUT2D eigenvalue weighted by atomic mass is 10.0. The summed E-state index contributed by atoms with van der Waals surface area (Å²) in [5.41, 5.74) is 5.61. The number of fused-ring (bicyclic) bond motifs is 4. The van der Waals surface area contributed by atoms with Crippen LogP contribution in [0.25, 0.3) is 20.2 Å². The van der Waals surface area contributed by atoms with Gasteiger partial charge in [0.25, 0.3) is 0 Å². The predicted octanol–water partition coefficient (Wildman–Crippen LogP) is 9.08. The van der Waals surface area contributed by atoms with Crippen molar-refractivity contribution in [2.45, 2.75) is 52.4 Å². The molecule has 0 spiro atoms. The maximum Gasteiger partial charge on any atom is 0.512 e. The van der Waals surface area contributed by atoms with E-state index in [0.29, 0.717) is 51.4 Å². The lowest BCUT2D eigenvalue weighted by molar-refractivity contribution is -0.944. The number of ether oxygens (including phenoxy) is 3. The van der Waals surface area contributed by atoms with Gasteiger partial charge in [0.1, 0.15) is 0 Å². The van der Waals surface area contributed by atoms with Crippen molar-refractivity contribution in [2.24, 2.45) is 0 Å². The molecule has 4 aliphatic rings. The van der Waals surface area contributed by atoms with Crippen molar-refractivity contribution in [3.63, 3.8) is 0 Å². The van der Waals surface area contributed by atoms with Crippen molar-refractivity contribution in [3.05, 3.63) is 105 Å². The lowest BCUT2D eigenvalue weighted by Crippen LogP contribution is -2.61. The molecule has 0 saturated carbocycles. The number of carbonyl (C=O) groups is 4. The smallest absolute Gasteiger partial charge is 0.434 e. The van der Waals surface area contributed by atoms with Crippen LogP contribution in [0.15, 0.2) is 72.8 Å². The first-order valence-electron chi connectivity index (χ1n) is 24.0. The van der Waals surface area contributed by atoms with Gasteiger partial charge in [0.15, 0.2) is 11.6 Å². The Morgan fingerprint density at radius 3 is 1.57 bits per heavy atom. The molecule has 2 amide bonds. The van der Waals surface area contributed by atoms with Gasteiger partial charge in [0.05, 0.1) is 94.3 Å². The van der Waals surface area contributed by atoms with Crippen molar-refractivity contribution in [3.8, 4) is 0 Å². The van der Waals surface area contributed by atoms with Gasteiger partial charge in [-0.15, -0.1) is 0 Å². The van der Waals surface area contributed by atoms with E-state index in [9.17, 15) is 19.2 Å². The minimum absolute atomic E-state index is 0.00485. The van der Waals surface area contributed by atoms with Crippen LogP contribution in [0.5, 0.6) is 0 Å². The Hall–Kier alpha value is -5.56. The van der Waals surface area contributed by atoms with E-state index in [1.807, 2.05) is 49.4 Å². The number of halogens is 2. The monoisotopic (exact) mass is 1030 g/mol. The Labute approximate surface area is 425 Å². The fraction of sp³-hybridized carbons (Fsp3) is 0.412. The van der Waals surface area contributed by atoms with Crippen molar-refractivity contribution >= 4 is 113 Å². The third-order valence-corrected chi connectivity index (χ3v) is 16.2. The summed E-state index contributed by atoms with van der Waals surface area (Å²) in [5.74, 6) is 1.92. The molecule has 0 unspecified atom stereocenters. The SMILES string of the molecule is CCCC(=O)OC[N+]1(CCc2cc3c(cc2Cl)NC(=O)C3)CCN(c2nsc3ccccc23)CC1.CCOC(=O)OC[N+]1(CCc2cc3c(cc2Cl)NC(=O)C3)CCN(c2nsc3ccccc23)CC1. The normalized spacial score (nSPS) is 16.8. The molecule has 0 atom stereocenters. The molecule has 2 fully saturated rings. The van der Waals surface area contributed by atoms with Gasteiger partial charge in [-0.3, -0.25) is 23.3 Å². The van der Waals surface area contributed by atoms with Crippen LogP contribution in [0.1, 0.15) is 48.9 Å². The van der Waals surface area contributed by atoms with Gasteiger partial charge < -0.3 is 34.6 Å². The second-order valence-electron chi connectivity index (χ2n) is 18.5. The summed E-state index contributed by atoms with van der Waals surface area (Å²) in [7, 11) is 0. The molecule has 19 heteroatoms. The van der Waals surface area contributed by atoms with Crippen molar-refractivity contribution in [2.75, 3.05) is 106 Å². The Bertz CT molecular complexity index is 2700. The predicted molar refractivity (Wildman–Crippen MR) is 277 cm³/mol. The number of esters is 1. The zero-order valence-corrected chi connectivity index (χ0v) is 42.6. The fourth-order valence-electron chi connectivity index (χ4n) is 9.77. The largest absolute Gasteiger partial charge is 0.512 e. The number of benzene rings is 4. The van der Waals surface area contributed by atoms with Crippen LogP contribution in [-0.2, 0) is 54.3 Å². The Morgan fingerprint density at radius 2 is 1.11 bits per heavy atom. The summed E-state index contributed by atoms with van der Waals surface area (Å²) in [6.07, 6.45) is 2.82. The molecule has 2 saturated heterocycles. The Kier molecular flexibility index (Phi) is 15.4. The first-order valence-corrected chi connectivity index (χ1v) is 26.3. The maximum atomic E-state index is 12.2. The molecule has 2 aromatic heterocycles. The second kappa shape index (κ2) is 21.8. The molecule has 0 bridgehead atoms. The first kappa shape index (κ1) is 49.4. The van der Waals surface area contributed by atoms with E-state index in [1.165, 1.54) is 43.2 Å². The fourth-order valence-corrected chi connectivity index (χ4v) is 11.9. The topological polar surface area (TPSA) is 152 Å². The molecule has 368 valence electrons. The molecule has 6 heterocycles. The van der Waals surface area contributed by atoms with E-state index in [-0.39, 0.29) is 31.1 Å². The highest BCUT2D eigenvalue weighted by Crippen LogP contribution is 2.35. The number of nitrogens with one attached hydrogen (secondary N) is 2. The zero-order valence-electron chi connectivity index (χ0n) is 39.5. The van der Waals surface area contributed by atoms with Gasteiger partial charge in [-0.05, 0) is 95.1 Å². The number of carbonyl (C=O) groups excluding carboxylic acids is 4. The van der Waals surface area contributed by atoms with E-state index in [2.05, 4.69) is 50.8 Å². The molecular weight excluding hydrogens is 972 g/mol. The summed E-state index contributed by atoms with van der Waals surface area (Å²) in [4.78, 5) is 52.4. The average molecular weight is 1030 g/mol. The number of hydrogen-bond acceptors (Lipinski definition) is 13. The maximum absolute atomic E-state index is 12.2. The minimum atomic E-state index is -0.641. The summed E-state index contributed by atoms with van der Waals surface area (Å²) >= 11 is 16.2. The quantitative estimate of drug-likeness (QED) is 0.0749. The summed E-state index contributed by atoms with van der Waals surface area (Å²) < 4.78 is 29.4. The molecule has 4 aliphatic heterocycles. The van der Waals surface area contributed by atoms with Crippen molar-refractivity contribution in [1.29, 1.82) is 0 Å². The highest BCUT2D eigenvalue weighted by atomic mass is 35.5. The average Bonchev–Trinajstić information content (AvgIpc) is 4.16. The second-order valence-corrected chi connectivity index (χ2v) is 20.9. The molecule has 15 nitrogen and oxygen atoms in total. The number of anilines is 4.